The molecule has 2 atom stereocenters. The van der Waals surface area contributed by atoms with Crippen LogP contribution in [0.5, 0.6) is 0 Å². The van der Waals surface area contributed by atoms with Crippen LogP contribution in [0.1, 0.15) is 31.2 Å². The van der Waals surface area contributed by atoms with Crippen molar-refractivity contribution in [2.45, 2.75) is 44.2 Å². The fraction of sp³-hybridized carbons (Fsp3) is 0.550. The Bertz CT molecular complexity index is 886. The summed E-state index contributed by atoms with van der Waals surface area (Å²) < 4.78 is 26.5. The van der Waals surface area contributed by atoms with Gasteiger partial charge in [0.25, 0.3) is 0 Å². The van der Waals surface area contributed by atoms with Crippen LogP contribution in [-0.2, 0) is 26.0 Å². The molecule has 10 nitrogen and oxygen atoms in total. The molecule has 2 amide bonds. The van der Waals surface area contributed by atoms with E-state index < -0.39 is 33.9 Å². The molecule has 31 heavy (non-hydrogen) atoms. The van der Waals surface area contributed by atoms with E-state index in [9.17, 15) is 18.0 Å². The molecule has 0 bridgehead atoms. The molecule has 1 aromatic carbocycles. The SMILES string of the molecule is CS(=O)(=O)N(CCCCN=C(N)N)[C@H](Cc1ccccc1)C(=O)N1CCC[C@H]1C(N)=O. The number of amides is 2. The number of carbonyl (C=O) groups excluding carboxylic acids is 2. The number of hydrogen-bond donors (Lipinski definition) is 3. The molecule has 0 spiro atoms. The van der Waals surface area contributed by atoms with Crippen molar-refractivity contribution in [3.63, 3.8) is 0 Å². The van der Waals surface area contributed by atoms with Gasteiger partial charge >= 0.3 is 0 Å². The maximum atomic E-state index is 13.5. The largest absolute Gasteiger partial charge is 0.370 e. The summed E-state index contributed by atoms with van der Waals surface area (Å²) in [5.74, 6) is -1.00. The number of rotatable bonds is 11. The van der Waals surface area contributed by atoms with Crippen LogP contribution in [0.2, 0.25) is 0 Å². The van der Waals surface area contributed by atoms with Crippen molar-refractivity contribution in [2.75, 3.05) is 25.9 Å². The first-order valence-corrected chi connectivity index (χ1v) is 12.1. The van der Waals surface area contributed by atoms with Crippen LogP contribution in [-0.4, -0.2) is 73.4 Å². The second-order valence-electron chi connectivity index (χ2n) is 7.68. The third-order valence-electron chi connectivity index (χ3n) is 5.28. The summed E-state index contributed by atoms with van der Waals surface area (Å²) in [4.78, 5) is 30.6. The van der Waals surface area contributed by atoms with E-state index in [2.05, 4.69) is 4.99 Å². The number of nitrogens with two attached hydrogens (primary N) is 3. The number of benzene rings is 1. The van der Waals surface area contributed by atoms with E-state index in [0.29, 0.717) is 38.8 Å². The number of likely N-dealkylation sites (tertiary alicyclic amines) is 1. The number of unbranched alkanes of at least 4 members (excludes halogenated alkanes) is 1. The standard InChI is InChI=1S/C20H32N6O4S/c1-31(29,30)26(13-6-5-11-24-20(22)23)17(14-15-8-3-2-4-9-15)19(28)25-12-7-10-16(25)18(21)27/h2-4,8-9,16-17H,5-7,10-14H2,1H3,(H2,21,27)(H4,22,23,24)/t16-,17+/m0/s1. The van der Waals surface area contributed by atoms with Crippen molar-refractivity contribution >= 4 is 27.8 Å². The van der Waals surface area contributed by atoms with E-state index in [1.807, 2.05) is 30.3 Å². The molecular formula is C20H32N6O4S. The number of aliphatic imine (C=N–C) groups is 1. The van der Waals surface area contributed by atoms with Gasteiger partial charge in [-0.25, -0.2) is 8.42 Å². The Hall–Kier alpha value is -2.66. The fourth-order valence-electron chi connectivity index (χ4n) is 3.81. The Morgan fingerprint density at radius 1 is 1.19 bits per heavy atom. The molecule has 1 aliphatic rings. The predicted octanol–water partition coefficient (Wildman–Crippen LogP) is -0.611. The zero-order valence-corrected chi connectivity index (χ0v) is 18.6. The molecule has 0 radical (unpaired) electrons. The highest BCUT2D eigenvalue weighted by atomic mass is 32.2. The van der Waals surface area contributed by atoms with Crippen molar-refractivity contribution in [3.8, 4) is 0 Å². The van der Waals surface area contributed by atoms with Gasteiger partial charge in [-0.3, -0.25) is 14.6 Å². The molecule has 11 heteroatoms. The first-order chi connectivity index (χ1) is 14.6. The van der Waals surface area contributed by atoms with Crippen LogP contribution in [0.25, 0.3) is 0 Å². The van der Waals surface area contributed by atoms with E-state index in [-0.39, 0.29) is 18.9 Å². The van der Waals surface area contributed by atoms with Crippen LogP contribution in [0.3, 0.4) is 0 Å². The quantitative estimate of drug-likeness (QED) is 0.230. The summed E-state index contributed by atoms with van der Waals surface area (Å²) >= 11 is 0. The van der Waals surface area contributed by atoms with Gasteiger partial charge in [-0.2, -0.15) is 4.31 Å². The summed E-state index contributed by atoms with van der Waals surface area (Å²) in [6.07, 6.45) is 3.45. The lowest BCUT2D eigenvalue weighted by atomic mass is 10.0. The van der Waals surface area contributed by atoms with Crippen LogP contribution in [0.15, 0.2) is 35.3 Å². The third kappa shape index (κ3) is 7.21. The van der Waals surface area contributed by atoms with Gasteiger partial charge in [-0.15, -0.1) is 0 Å². The molecule has 172 valence electrons. The highest BCUT2D eigenvalue weighted by molar-refractivity contribution is 7.88. The number of primary amides is 1. The van der Waals surface area contributed by atoms with E-state index >= 15 is 0 Å². The molecule has 0 unspecified atom stereocenters. The van der Waals surface area contributed by atoms with Crippen molar-refractivity contribution in [1.29, 1.82) is 0 Å². The zero-order valence-electron chi connectivity index (χ0n) is 17.8. The number of carbonyl (C=O) groups is 2. The number of sulfonamides is 1. The molecule has 0 saturated carbocycles. The minimum atomic E-state index is -3.72. The summed E-state index contributed by atoms with van der Waals surface area (Å²) in [6.45, 7) is 0.879. The third-order valence-corrected chi connectivity index (χ3v) is 6.56. The van der Waals surface area contributed by atoms with Gasteiger partial charge in [-0.1, -0.05) is 30.3 Å². The van der Waals surface area contributed by atoms with Gasteiger partial charge in [0.1, 0.15) is 12.1 Å². The fourth-order valence-corrected chi connectivity index (χ4v) is 4.90. The van der Waals surface area contributed by atoms with Gasteiger partial charge in [0.2, 0.25) is 21.8 Å². The topological polar surface area (TPSA) is 165 Å². The van der Waals surface area contributed by atoms with Crippen molar-refractivity contribution in [1.82, 2.24) is 9.21 Å². The lowest BCUT2D eigenvalue weighted by molar-refractivity contribution is -0.140. The maximum Gasteiger partial charge on any atom is 0.242 e. The van der Waals surface area contributed by atoms with Gasteiger partial charge in [-0.05, 0) is 37.7 Å². The average molecular weight is 453 g/mol. The van der Waals surface area contributed by atoms with E-state index in [1.165, 1.54) is 9.21 Å². The Morgan fingerprint density at radius 3 is 2.45 bits per heavy atom. The Labute approximate surface area is 183 Å². The first kappa shape index (κ1) is 24.6. The van der Waals surface area contributed by atoms with Gasteiger partial charge < -0.3 is 22.1 Å². The molecule has 0 aliphatic carbocycles. The Balaban J connectivity index is 2.29. The Morgan fingerprint density at radius 2 is 1.87 bits per heavy atom. The molecule has 1 saturated heterocycles. The van der Waals surface area contributed by atoms with E-state index in [4.69, 9.17) is 17.2 Å². The van der Waals surface area contributed by atoms with Crippen LogP contribution >= 0.6 is 0 Å². The van der Waals surface area contributed by atoms with Crippen LogP contribution in [0, 0.1) is 0 Å². The van der Waals surface area contributed by atoms with Crippen molar-refractivity contribution in [3.05, 3.63) is 35.9 Å². The summed E-state index contributed by atoms with van der Waals surface area (Å²) in [7, 11) is -3.72. The second-order valence-corrected chi connectivity index (χ2v) is 9.62. The smallest absolute Gasteiger partial charge is 0.242 e. The normalized spacial score (nSPS) is 17.5. The lowest BCUT2D eigenvalue weighted by Crippen LogP contribution is -2.55. The van der Waals surface area contributed by atoms with Gasteiger partial charge in [0, 0.05) is 19.6 Å². The number of hydrogen-bond acceptors (Lipinski definition) is 5. The van der Waals surface area contributed by atoms with Crippen LogP contribution < -0.4 is 17.2 Å². The summed E-state index contributed by atoms with van der Waals surface area (Å²) in [6, 6.07) is 7.51. The summed E-state index contributed by atoms with van der Waals surface area (Å²) in [5, 5.41) is 0. The van der Waals surface area contributed by atoms with Crippen molar-refractivity contribution in [2.24, 2.45) is 22.2 Å². The highest BCUT2D eigenvalue weighted by Gasteiger charge is 2.40. The van der Waals surface area contributed by atoms with Gasteiger partial charge in [0.05, 0.1) is 6.26 Å². The highest BCUT2D eigenvalue weighted by Crippen LogP contribution is 2.23. The van der Waals surface area contributed by atoms with Gasteiger partial charge in [0.15, 0.2) is 5.96 Å². The molecule has 6 N–H and O–H groups in total. The summed E-state index contributed by atoms with van der Waals surface area (Å²) in [5.41, 5.74) is 16.9. The van der Waals surface area contributed by atoms with Crippen molar-refractivity contribution < 1.29 is 18.0 Å². The number of nitrogens with zero attached hydrogens (tertiary/aromatic N) is 3. The minimum Gasteiger partial charge on any atom is -0.370 e. The predicted molar refractivity (Wildman–Crippen MR) is 119 cm³/mol. The molecule has 1 aromatic rings. The second kappa shape index (κ2) is 11.1. The molecular weight excluding hydrogens is 420 g/mol. The Kier molecular flexibility index (Phi) is 8.81. The van der Waals surface area contributed by atoms with E-state index in [1.54, 1.807) is 0 Å². The van der Waals surface area contributed by atoms with E-state index in [0.717, 1.165) is 11.8 Å². The van der Waals surface area contributed by atoms with Crippen LogP contribution in [0.4, 0.5) is 0 Å². The minimum absolute atomic E-state index is 0.0244. The zero-order chi connectivity index (χ0) is 23.0. The average Bonchev–Trinajstić information content (AvgIpc) is 3.19. The maximum absolute atomic E-state index is 13.5. The molecule has 1 fully saturated rings. The monoisotopic (exact) mass is 452 g/mol. The molecule has 1 aliphatic heterocycles. The lowest BCUT2D eigenvalue weighted by Gasteiger charge is -2.33. The first-order valence-electron chi connectivity index (χ1n) is 10.3. The molecule has 2 rings (SSSR count). The molecule has 1 heterocycles. The number of guanidine groups is 1. The molecule has 0 aromatic heterocycles.